The van der Waals surface area contributed by atoms with Crippen LogP contribution in [-0.2, 0) is 6.42 Å². The van der Waals surface area contributed by atoms with Gasteiger partial charge in [0, 0.05) is 18.5 Å². The lowest BCUT2D eigenvalue weighted by molar-refractivity contribution is 0.0790. The largest absolute Gasteiger partial charge is 0.340 e. The smallest absolute Gasteiger partial charge is 0.273 e. The zero-order valence-electron chi connectivity index (χ0n) is 10.5. The maximum atomic E-state index is 12.1. The molecular formula is C12H15N5OS. The molecule has 3 N–H and O–H groups in total. The Morgan fingerprint density at radius 2 is 2.32 bits per heavy atom. The highest BCUT2D eigenvalue weighted by Crippen LogP contribution is 2.10. The summed E-state index contributed by atoms with van der Waals surface area (Å²) in [6.45, 7) is 0.651. The van der Waals surface area contributed by atoms with Crippen LogP contribution in [0.1, 0.15) is 15.4 Å². The van der Waals surface area contributed by atoms with Gasteiger partial charge in [-0.2, -0.15) is 0 Å². The van der Waals surface area contributed by atoms with Gasteiger partial charge in [-0.05, 0) is 17.9 Å². The highest BCUT2D eigenvalue weighted by Gasteiger charge is 2.13. The molecule has 0 aliphatic carbocycles. The van der Waals surface area contributed by atoms with Gasteiger partial charge in [0.2, 0.25) is 0 Å². The Morgan fingerprint density at radius 3 is 2.89 bits per heavy atom. The SMILES string of the molecule is CN(CCc1cccs1)C(=O)c1cnc(NN)cn1. The van der Waals surface area contributed by atoms with Crippen LogP contribution in [0.25, 0.3) is 0 Å². The number of carbonyl (C=O) groups is 1. The van der Waals surface area contributed by atoms with Crippen molar-refractivity contribution < 1.29 is 4.79 Å². The van der Waals surface area contributed by atoms with Gasteiger partial charge >= 0.3 is 0 Å². The van der Waals surface area contributed by atoms with Gasteiger partial charge in [-0.3, -0.25) is 4.79 Å². The van der Waals surface area contributed by atoms with Crippen molar-refractivity contribution in [2.45, 2.75) is 6.42 Å². The number of aromatic nitrogens is 2. The van der Waals surface area contributed by atoms with Crippen molar-refractivity contribution in [2.75, 3.05) is 19.0 Å². The van der Waals surface area contributed by atoms with Crippen LogP contribution < -0.4 is 11.3 Å². The number of anilines is 1. The van der Waals surface area contributed by atoms with E-state index in [9.17, 15) is 4.79 Å². The quantitative estimate of drug-likeness (QED) is 0.632. The molecule has 2 aromatic rings. The van der Waals surface area contributed by atoms with E-state index in [0.29, 0.717) is 18.1 Å². The monoisotopic (exact) mass is 277 g/mol. The second kappa shape index (κ2) is 6.26. The van der Waals surface area contributed by atoms with Gasteiger partial charge in [-0.15, -0.1) is 11.3 Å². The van der Waals surface area contributed by atoms with Crippen molar-refractivity contribution in [3.63, 3.8) is 0 Å². The number of nitrogens with two attached hydrogens (primary N) is 1. The first-order valence-electron chi connectivity index (χ1n) is 5.77. The average molecular weight is 277 g/mol. The van der Waals surface area contributed by atoms with Crippen molar-refractivity contribution in [2.24, 2.45) is 5.84 Å². The van der Waals surface area contributed by atoms with Crippen molar-refractivity contribution in [1.29, 1.82) is 0 Å². The molecule has 100 valence electrons. The van der Waals surface area contributed by atoms with E-state index in [0.717, 1.165) is 6.42 Å². The van der Waals surface area contributed by atoms with Gasteiger partial charge < -0.3 is 10.3 Å². The molecule has 1 amide bonds. The van der Waals surface area contributed by atoms with Crippen LogP contribution in [0, 0.1) is 0 Å². The zero-order chi connectivity index (χ0) is 13.7. The number of nitrogens with zero attached hydrogens (tertiary/aromatic N) is 3. The summed E-state index contributed by atoms with van der Waals surface area (Å²) in [5.74, 6) is 5.47. The normalized spacial score (nSPS) is 10.2. The minimum Gasteiger partial charge on any atom is -0.340 e. The Hall–Kier alpha value is -1.99. The third-order valence-electron chi connectivity index (χ3n) is 2.64. The molecule has 2 rings (SSSR count). The van der Waals surface area contributed by atoms with Gasteiger partial charge in [0.05, 0.1) is 12.4 Å². The predicted molar refractivity (Wildman–Crippen MR) is 74.8 cm³/mol. The minimum absolute atomic E-state index is 0.146. The highest BCUT2D eigenvalue weighted by atomic mass is 32.1. The molecular weight excluding hydrogens is 262 g/mol. The molecule has 0 atom stereocenters. The van der Waals surface area contributed by atoms with E-state index >= 15 is 0 Å². The molecule has 2 aromatic heterocycles. The summed E-state index contributed by atoms with van der Waals surface area (Å²) >= 11 is 1.69. The molecule has 0 saturated carbocycles. The van der Waals surface area contributed by atoms with E-state index in [1.165, 1.54) is 17.3 Å². The Kier molecular flexibility index (Phi) is 4.43. The number of hydrogen-bond acceptors (Lipinski definition) is 6. The molecule has 0 aliphatic rings. The maximum Gasteiger partial charge on any atom is 0.273 e. The number of amides is 1. The molecule has 19 heavy (non-hydrogen) atoms. The third-order valence-corrected chi connectivity index (χ3v) is 3.58. The Balaban J connectivity index is 1.94. The molecule has 0 unspecified atom stereocenters. The summed E-state index contributed by atoms with van der Waals surface area (Å²) in [5, 5.41) is 2.03. The first-order chi connectivity index (χ1) is 9.20. The summed E-state index contributed by atoms with van der Waals surface area (Å²) in [5.41, 5.74) is 2.68. The fraction of sp³-hybridized carbons (Fsp3) is 0.250. The number of rotatable bonds is 5. The first kappa shape index (κ1) is 13.4. The van der Waals surface area contributed by atoms with E-state index in [-0.39, 0.29) is 5.91 Å². The number of carbonyl (C=O) groups excluding carboxylic acids is 1. The Bertz CT molecular complexity index is 526. The third kappa shape index (κ3) is 3.49. The molecule has 0 aromatic carbocycles. The highest BCUT2D eigenvalue weighted by molar-refractivity contribution is 7.09. The number of thiophene rings is 1. The maximum absolute atomic E-state index is 12.1. The molecule has 7 heteroatoms. The average Bonchev–Trinajstić information content (AvgIpc) is 2.97. The number of likely N-dealkylation sites (N-methyl/N-ethyl adjacent to an activating group) is 1. The van der Waals surface area contributed by atoms with E-state index in [2.05, 4.69) is 21.5 Å². The summed E-state index contributed by atoms with van der Waals surface area (Å²) < 4.78 is 0. The lowest BCUT2D eigenvalue weighted by atomic mass is 10.3. The van der Waals surface area contributed by atoms with Crippen molar-refractivity contribution >= 4 is 23.1 Å². The zero-order valence-corrected chi connectivity index (χ0v) is 11.4. The molecule has 0 spiro atoms. The van der Waals surface area contributed by atoms with E-state index in [1.54, 1.807) is 23.3 Å². The van der Waals surface area contributed by atoms with Gasteiger partial charge in [-0.1, -0.05) is 6.07 Å². The molecule has 0 bridgehead atoms. The van der Waals surface area contributed by atoms with E-state index < -0.39 is 0 Å². The van der Waals surface area contributed by atoms with Crippen LogP contribution in [0.4, 0.5) is 5.82 Å². The predicted octanol–water partition coefficient (Wildman–Crippen LogP) is 1.14. The number of hydrogen-bond donors (Lipinski definition) is 2. The number of nitrogens with one attached hydrogen (secondary N) is 1. The molecule has 0 fully saturated rings. The summed E-state index contributed by atoms with van der Waals surface area (Å²) in [6, 6.07) is 4.07. The fourth-order valence-corrected chi connectivity index (χ4v) is 2.24. The van der Waals surface area contributed by atoms with E-state index in [4.69, 9.17) is 5.84 Å². The number of nitrogen functional groups attached to an aromatic ring is 1. The summed E-state index contributed by atoms with van der Waals surface area (Å²) in [4.78, 5) is 23.0. The molecule has 6 nitrogen and oxygen atoms in total. The summed E-state index contributed by atoms with van der Waals surface area (Å²) in [7, 11) is 1.76. The second-order valence-corrected chi connectivity index (χ2v) is 5.02. The van der Waals surface area contributed by atoms with Gasteiger partial charge in [0.25, 0.3) is 5.91 Å². The Labute approximate surface area is 115 Å². The lowest BCUT2D eigenvalue weighted by Gasteiger charge is -2.15. The van der Waals surface area contributed by atoms with Gasteiger partial charge in [0.15, 0.2) is 5.82 Å². The minimum atomic E-state index is -0.146. The fourth-order valence-electron chi connectivity index (χ4n) is 1.54. The van der Waals surface area contributed by atoms with Crippen LogP contribution in [0.3, 0.4) is 0 Å². The Morgan fingerprint density at radius 1 is 1.47 bits per heavy atom. The van der Waals surface area contributed by atoms with Crippen LogP contribution in [0.2, 0.25) is 0 Å². The van der Waals surface area contributed by atoms with Crippen LogP contribution in [0.5, 0.6) is 0 Å². The van der Waals surface area contributed by atoms with Crippen LogP contribution >= 0.6 is 11.3 Å². The van der Waals surface area contributed by atoms with Crippen molar-refractivity contribution in [3.05, 3.63) is 40.5 Å². The van der Waals surface area contributed by atoms with Crippen molar-refractivity contribution in [3.8, 4) is 0 Å². The molecule has 0 aliphatic heterocycles. The summed E-state index contributed by atoms with van der Waals surface area (Å²) in [6.07, 6.45) is 3.69. The molecule has 2 heterocycles. The van der Waals surface area contributed by atoms with Gasteiger partial charge in [-0.25, -0.2) is 15.8 Å². The van der Waals surface area contributed by atoms with Crippen molar-refractivity contribution in [1.82, 2.24) is 14.9 Å². The first-order valence-corrected chi connectivity index (χ1v) is 6.65. The standard InChI is InChI=1S/C12H15N5OS/c1-17(5-4-9-3-2-6-19-9)12(18)10-7-15-11(16-13)8-14-10/h2-3,6-8H,4-5,13H2,1H3,(H,15,16). The molecule has 0 saturated heterocycles. The topological polar surface area (TPSA) is 84.1 Å². The van der Waals surface area contributed by atoms with Gasteiger partial charge in [0.1, 0.15) is 5.69 Å². The van der Waals surface area contributed by atoms with Crippen LogP contribution in [0.15, 0.2) is 29.9 Å². The van der Waals surface area contributed by atoms with E-state index in [1.807, 2.05) is 11.4 Å². The lowest BCUT2D eigenvalue weighted by Crippen LogP contribution is -2.29. The molecule has 0 radical (unpaired) electrons. The second-order valence-electron chi connectivity index (χ2n) is 3.99. The number of hydrazine groups is 1. The van der Waals surface area contributed by atoms with Crippen LogP contribution in [-0.4, -0.2) is 34.4 Å².